The lowest BCUT2D eigenvalue weighted by Gasteiger charge is -2.35. The molecule has 1 aliphatic heterocycles. The Hall–Kier alpha value is -2.57. The van der Waals surface area contributed by atoms with Crippen LogP contribution in [0, 0.1) is 0 Å². The van der Waals surface area contributed by atoms with Crippen LogP contribution in [0.3, 0.4) is 0 Å². The number of nitrogens with one attached hydrogen (secondary N) is 1. The first-order valence-electron chi connectivity index (χ1n) is 9.81. The van der Waals surface area contributed by atoms with Crippen molar-refractivity contribution in [3.05, 3.63) is 69.7 Å². The minimum atomic E-state index is -0.160. The van der Waals surface area contributed by atoms with Gasteiger partial charge in [0.25, 0.3) is 11.8 Å². The van der Waals surface area contributed by atoms with Crippen molar-refractivity contribution in [3.63, 3.8) is 0 Å². The highest BCUT2D eigenvalue weighted by atomic mass is 35.5. The Morgan fingerprint density at radius 2 is 1.57 bits per heavy atom. The van der Waals surface area contributed by atoms with Crippen LogP contribution in [0.4, 0.5) is 0 Å². The molecule has 6 nitrogen and oxygen atoms in total. The van der Waals surface area contributed by atoms with Gasteiger partial charge in [-0.1, -0.05) is 41.4 Å². The molecule has 158 valence electrons. The van der Waals surface area contributed by atoms with E-state index in [9.17, 15) is 14.4 Å². The lowest BCUT2D eigenvalue weighted by atomic mass is 10.1. The Morgan fingerprint density at radius 3 is 2.23 bits per heavy atom. The van der Waals surface area contributed by atoms with Gasteiger partial charge in [0.15, 0.2) is 0 Å². The normalized spacial score (nSPS) is 13.8. The average molecular weight is 448 g/mol. The van der Waals surface area contributed by atoms with E-state index in [1.165, 1.54) is 0 Å². The third-order valence-electron chi connectivity index (χ3n) is 4.97. The first-order valence-corrected chi connectivity index (χ1v) is 10.6. The molecule has 1 N–H and O–H groups in total. The first-order chi connectivity index (χ1) is 14.5. The molecular weight excluding hydrogens is 425 g/mol. The molecule has 0 aliphatic carbocycles. The van der Waals surface area contributed by atoms with E-state index in [2.05, 4.69) is 5.32 Å². The molecule has 3 rings (SSSR count). The van der Waals surface area contributed by atoms with Crippen molar-refractivity contribution < 1.29 is 14.4 Å². The minimum Gasteiger partial charge on any atom is -0.352 e. The van der Waals surface area contributed by atoms with Crippen LogP contribution < -0.4 is 5.32 Å². The summed E-state index contributed by atoms with van der Waals surface area (Å²) in [6.45, 7) is 2.30. The molecule has 0 spiro atoms. The van der Waals surface area contributed by atoms with Crippen LogP contribution in [-0.4, -0.2) is 60.2 Å². The van der Waals surface area contributed by atoms with Crippen molar-refractivity contribution in [2.75, 3.05) is 32.7 Å². The van der Waals surface area contributed by atoms with E-state index in [0.29, 0.717) is 66.7 Å². The summed E-state index contributed by atoms with van der Waals surface area (Å²) in [5, 5.41) is 3.62. The number of hydrogen-bond acceptors (Lipinski definition) is 3. The predicted molar refractivity (Wildman–Crippen MR) is 117 cm³/mol. The molecule has 0 saturated carbocycles. The second kappa shape index (κ2) is 10.5. The molecule has 0 aromatic heterocycles. The lowest BCUT2D eigenvalue weighted by molar-refractivity contribution is -0.132. The highest BCUT2D eigenvalue weighted by Crippen LogP contribution is 2.23. The Bertz CT molecular complexity index is 913. The van der Waals surface area contributed by atoms with Gasteiger partial charge >= 0.3 is 0 Å². The fourth-order valence-electron chi connectivity index (χ4n) is 3.28. The average Bonchev–Trinajstić information content (AvgIpc) is 2.76. The number of amides is 3. The maximum absolute atomic E-state index is 12.7. The number of hydrogen-bond donors (Lipinski definition) is 1. The van der Waals surface area contributed by atoms with Crippen LogP contribution >= 0.6 is 23.2 Å². The summed E-state index contributed by atoms with van der Waals surface area (Å²) in [4.78, 5) is 40.5. The topological polar surface area (TPSA) is 69.7 Å². The molecule has 0 unspecified atom stereocenters. The zero-order valence-corrected chi connectivity index (χ0v) is 18.0. The smallest absolute Gasteiger partial charge is 0.255 e. The Kier molecular flexibility index (Phi) is 7.71. The lowest BCUT2D eigenvalue weighted by Crippen LogP contribution is -2.50. The van der Waals surface area contributed by atoms with Gasteiger partial charge in [-0.3, -0.25) is 14.4 Å². The SMILES string of the molecule is O=C(NCCCC(=O)N1CCN(C(=O)c2ccc(Cl)cc2Cl)CC1)c1ccccc1. The van der Waals surface area contributed by atoms with Crippen LogP contribution in [0.2, 0.25) is 10.0 Å². The van der Waals surface area contributed by atoms with Gasteiger partial charge in [0, 0.05) is 49.7 Å². The number of piperazine rings is 1. The molecule has 0 radical (unpaired) electrons. The Morgan fingerprint density at radius 1 is 0.900 bits per heavy atom. The van der Waals surface area contributed by atoms with Crippen molar-refractivity contribution >= 4 is 40.9 Å². The highest BCUT2D eigenvalue weighted by Gasteiger charge is 2.25. The maximum atomic E-state index is 12.7. The van der Waals surface area contributed by atoms with E-state index in [1.54, 1.807) is 40.1 Å². The summed E-state index contributed by atoms with van der Waals surface area (Å²) in [5.74, 6) is -0.274. The van der Waals surface area contributed by atoms with Crippen LogP contribution in [0.15, 0.2) is 48.5 Å². The van der Waals surface area contributed by atoms with Gasteiger partial charge < -0.3 is 15.1 Å². The van der Waals surface area contributed by atoms with Crippen LogP contribution in [-0.2, 0) is 4.79 Å². The van der Waals surface area contributed by atoms with Gasteiger partial charge in [-0.2, -0.15) is 0 Å². The zero-order valence-electron chi connectivity index (χ0n) is 16.4. The van der Waals surface area contributed by atoms with E-state index in [4.69, 9.17) is 23.2 Å². The molecule has 2 aromatic rings. The number of carbonyl (C=O) groups is 3. The van der Waals surface area contributed by atoms with E-state index < -0.39 is 0 Å². The van der Waals surface area contributed by atoms with Gasteiger partial charge in [-0.05, 0) is 36.8 Å². The maximum Gasteiger partial charge on any atom is 0.255 e. The quantitative estimate of drug-likeness (QED) is 0.688. The summed E-state index contributed by atoms with van der Waals surface area (Å²) in [5.41, 5.74) is 1.01. The Labute approximate surface area is 185 Å². The number of halogens is 2. The third-order valence-corrected chi connectivity index (χ3v) is 5.52. The summed E-state index contributed by atoms with van der Waals surface area (Å²) >= 11 is 12.0. The summed E-state index contributed by atoms with van der Waals surface area (Å²) in [6.07, 6.45) is 0.920. The fourth-order valence-corrected chi connectivity index (χ4v) is 3.77. The van der Waals surface area contributed by atoms with Crippen LogP contribution in [0.1, 0.15) is 33.6 Å². The standard InChI is InChI=1S/C22H23Cl2N3O3/c23-17-8-9-18(19(24)15-17)22(30)27-13-11-26(12-14-27)20(28)7-4-10-25-21(29)16-5-2-1-3-6-16/h1-3,5-6,8-9,15H,4,7,10-14H2,(H,25,29). The van der Waals surface area contributed by atoms with Gasteiger partial charge in [0.2, 0.25) is 5.91 Å². The number of benzene rings is 2. The second-order valence-corrected chi connectivity index (χ2v) is 7.87. The molecule has 1 saturated heterocycles. The summed E-state index contributed by atoms with van der Waals surface area (Å²) in [7, 11) is 0. The van der Waals surface area contributed by atoms with Gasteiger partial charge in [-0.25, -0.2) is 0 Å². The van der Waals surface area contributed by atoms with Crippen LogP contribution in [0.25, 0.3) is 0 Å². The third kappa shape index (κ3) is 5.74. The van der Waals surface area contributed by atoms with Crippen molar-refractivity contribution in [3.8, 4) is 0 Å². The fraction of sp³-hybridized carbons (Fsp3) is 0.318. The van der Waals surface area contributed by atoms with Gasteiger partial charge in [-0.15, -0.1) is 0 Å². The predicted octanol–water partition coefficient (Wildman–Crippen LogP) is 3.49. The molecule has 2 aromatic carbocycles. The van der Waals surface area contributed by atoms with Crippen molar-refractivity contribution in [1.29, 1.82) is 0 Å². The molecule has 0 atom stereocenters. The molecule has 0 bridgehead atoms. The summed E-state index contributed by atoms with van der Waals surface area (Å²) < 4.78 is 0. The minimum absolute atomic E-state index is 0.0283. The molecule has 1 aliphatic rings. The largest absolute Gasteiger partial charge is 0.352 e. The molecule has 1 heterocycles. The molecule has 1 fully saturated rings. The van der Waals surface area contributed by atoms with E-state index >= 15 is 0 Å². The number of nitrogens with zero attached hydrogens (tertiary/aromatic N) is 2. The second-order valence-electron chi connectivity index (χ2n) is 7.02. The van der Waals surface area contributed by atoms with Crippen LogP contribution in [0.5, 0.6) is 0 Å². The van der Waals surface area contributed by atoms with E-state index in [0.717, 1.165) is 0 Å². The molecule has 30 heavy (non-hydrogen) atoms. The molecule has 3 amide bonds. The zero-order chi connectivity index (χ0) is 21.5. The monoisotopic (exact) mass is 447 g/mol. The first kappa shape index (κ1) is 22.1. The van der Waals surface area contributed by atoms with E-state index in [-0.39, 0.29) is 17.7 Å². The van der Waals surface area contributed by atoms with Crippen molar-refractivity contribution in [2.45, 2.75) is 12.8 Å². The highest BCUT2D eigenvalue weighted by molar-refractivity contribution is 6.36. The van der Waals surface area contributed by atoms with E-state index in [1.807, 2.05) is 18.2 Å². The van der Waals surface area contributed by atoms with Gasteiger partial charge in [0.05, 0.1) is 10.6 Å². The van der Waals surface area contributed by atoms with Gasteiger partial charge in [0.1, 0.15) is 0 Å². The molecule has 8 heteroatoms. The number of carbonyl (C=O) groups excluding carboxylic acids is 3. The number of rotatable bonds is 6. The van der Waals surface area contributed by atoms with Crippen molar-refractivity contribution in [2.24, 2.45) is 0 Å². The Balaban J connectivity index is 1.39. The molecular formula is C22H23Cl2N3O3. The summed E-state index contributed by atoms with van der Waals surface area (Å²) in [6, 6.07) is 13.8. The van der Waals surface area contributed by atoms with Crippen molar-refractivity contribution in [1.82, 2.24) is 15.1 Å².